The minimum Gasteiger partial charge on any atom is -0.331 e. The number of nitrogens with one attached hydrogen (secondary N) is 1. The Balaban J connectivity index is 1.67. The first-order valence-electron chi connectivity index (χ1n) is 7.39. The van der Waals surface area contributed by atoms with E-state index >= 15 is 0 Å². The van der Waals surface area contributed by atoms with E-state index in [-0.39, 0.29) is 5.69 Å². The molecule has 0 saturated heterocycles. The number of hydrogen-bond donors (Lipinski definition) is 1. The Bertz CT molecular complexity index is 1090. The van der Waals surface area contributed by atoms with Crippen LogP contribution in [0, 0.1) is 17.0 Å². The van der Waals surface area contributed by atoms with Gasteiger partial charge in [0.1, 0.15) is 5.69 Å². The molecule has 0 fully saturated rings. The quantitative estimate of drug-likeness (QED) is 0.443. The first kappa shape index (κ1) is 15.2. The molecular weight excluding hydrogens is 340 g/mol. The lowest BCUT2D eigenvalue weighted by molar-refractivity contribution is -0.384. The molecule has 0 bridgehead atoms. The van der Waals surface area contributed by atoms with Crippen LogP contribution in [0.1, 0.15) is 5.69 Å². The Kier molecular flexibility index (Phi) is 3.62. The Morgan fingerprint density at radius 2 is 2.16 bits per heavy atom. The van der Waals surface area contributed by atoms with E-state index in [0.29, 0.717) is 16.6 Å². The summed E-state index contributed by atoms with van der Waals surface area (Å²) >= 11 is 1.42. The second-order valence-electron chi connectivity index (χ2n) is 5.31. The Hall–Kier alpha value is -3.33. The van der Waals surface area contributed by atoms with Crippen LogP contribution in [-0.2, 0) is 0 Å². The highest BCUT2D eigenvalue weighted by Gasteiger charge is 2.15. The Labute approximate surface area is 146 Å². The van der Waals surface area contributed by atoms with Crippen LogP contribution in [0.25, 0.3) is 17.2 Å². The molecule has 3 aromatic heterocycles. The van der Waals surface area contributed by atoms with Gasteiger partial charge in [-0.3, -0.25) is 14.5 Å². The lowest BCUT2D eigenvalue weighted by atomic mass is 10.3. The predicted octanol–water partition coefficient (Wildman–Crippen LogP) is 3.81. The summed E-state index contributed by atoms with van der Waals surface area (Å²) in [6.45, 7) is 1.91. The van der Waals surface area contributed by atoms with Crippen LogP contribution < -0.4 is 5.32 Å². The molecule has 0 amide bonds. The minimum atomic E-state index is -0.423. The van der Waals surface area contributed by atoms with Gasteiger partial charge in [-0.15, -0.1) is 11.3 Å². The number of hydrogen-bond acceptors (Lipinski definition) is 7. The maximum absolute atomic E-state index is 10.9. The normalized spacial score (nSPS) is 10.9. The average molecular weight is 352 g/mol. The number of thiazole rings is 1. The summed E-state index contributed by atoms with van der Waals surface area (Å²) < 4.78 is 1.89. The topological polar surface area (TPSA) is 98.2 Å². The van der Waals surface area contributed by atoms with E-state index in [2.05, 4.69) is 20.3 Å². The number of aromatic nitrogens is 4. The predicted molar refractivity (Wildman–Crippen MR) is 95.2 cm³/mol. The van der Waals surface area contributed by atoms with E-state index in [1.807, 2.05) is 29.0 Å². The third-order valence-corrected chi connectivity index (χ3v) is 4.39. The number of nitro benzene ring substituents is 1. The molecule has 4 rings (SSSR count). The summed E-state index contributed by atoms with van der Waals surface area (Å²) in [5.74, 6) is 0.621. The van der Waals surface area contributed by atoms with Gasteiger partial charge in [-0.1, -0.05) is 6.07 Å². The van der Waals surface area contributed by atoms with Gasteiger partial charge in [0.25, 0.3) is 5.69 Å². The van der Waals surface area contributed by atoms with Crippen molar-refractivity contribution in [1.82, 2.24) is 19.4 Å². The molecule has 0 spiro atoms. The fourth-order valence-electron chi connectivity index (χ4n) is 2.57. The van der Waals surface area contributed by atoms with Gasteiger partial charge in [0.15, 0.2) is 5.13 Å². The molecule has 9 heteroatoms. The zero-order valence-electron chi connectivity index (χ0n) is 13.1. The SMILES string of the molecule is Cc1nc2ncccn2c1-c1csc(Nc2cccc([N+](=O)[O-])c2)n1. The van der Waals surface area contributed by atoms with Crippen molar-refractivity contribution < 1.29 is 4.92 Å². The summed E-state index contributed by atoms with van der Waals surface area (Å²) in [5, 5.41) is 16.5. The highest BCUT2D eigenvalue weighted by Crippen LogP contribution is 2.30. The van der Waals surface area contributed by atoms with Crippen LogP contribution in [0.2, 0.25) is 0 Å². The van der Waals surface area contributed by atoms with Crippen LogP contribution in [0.15, 0.2) is 48.1 Å². The number of anilines is 2. The summed E-state index contributed by atoms with van der Waals surface area (Å²) in [7, 11) is 0. The molecule has 0 aliphatic rings. The zero-order chi connectivity index (χ0) is 17.4. The van der Waals surface area contributed by atoms with Gasteiger partial charge in [-0.2, -0.15) is 0 Å². The number of fused-ring (bicyclic) bond motifs is 1. The molecule has 1 aromatic carbocycles. The Morgan fingerprint density at radius 1 is 1.28 bits per heavy atom. The molecule has 3 heterocycles. The number of imidazole rings is 1. The van der Waals surface area contributed by atoms with Crippen LogP contribution in [-0.4, -0.2) is 24.3 Å². The van der Waals surface area contributed by atoms with Crippen LogP contribution in [0.5, 0.6) is 0 Å². The molecule has 1 N–H and O–H groups in total. The highest BCUT2D eigenvalue weighted by molar-refractivity contribution is 7.14. The summed E-state index contributed by atoms with van der Waals surface area (Å²) in [5.41, 5.74) is 3.14. The van der Waals surface area contributed by atoms with Gasteiger partial charge in [0, 0.05) is 35.6 Å². The van der Waals surface area contributed by atoms with Crippen molar-refractivity contribution in [3.8, 4) is 11.4 Å². The van der Waals surface area contributed by atoms with Crippen molar-refractivity contribution in [3.63, 3.8) is 0 Å². The smallest absolute Gasteiger partial charge is 0.271 e. The number of rotatable bonds is 4. The molecule has 0 saturated carbocycles. The maximum atomic E-state index is 10.9. The number of nitrogens with zero attached hydrogens (tertiary/aromatic N) is 5. The monoisotopic (exact) mass is 352 g/mol. The number of non-ortho nitro benzene ring substituents is 1. The van der Waals surface area contributed by atoms with Crippen LogP contribution in [0.3, 0.4) is 0 Å². The van der Waals surface area contributed by atoms with Crippen molar-refractivity contribution in [3.05, 3.63) is 63.9 Å². The molecule has 4 aromatic rings. The largest absolute Gasteiger partial charge is 0.331 e. The molecule has 0 atom stereocenters. The van der Waals surface area contributed by atoms with Gasteiger partial charge in [-0.25, -0.2) is 15.0 Å². The molecule has 0 aliphatic heterocycles. The summed E-state index contributed by atoms with van der Waals surface area (Å²) in [4.78, 5) is 23.7. The fraction of sp³-hybridized carbons (Fsp3) is 0.0625. The van der Waals surface area contributed by atoms with Gasteiger partial charge in [-0.05, 0) is 19.1 Å². The van der Waals surface area contributed by atoms with E-state index in [1.165, 1.54) is 23.5 Å². The zero-order valence-corrected chi connectivity index (χ0v) is 13.9. The summed E-state index contributed by atoms with van der Waals surface area (Å²) in [6, 6.07) is 8.16. The highest BCUT2D eigenvalue weighted by atomic mass is 32.1. The first-order valence-corrected chi connectivity index (χ1v) is 8.27. The van der Waals surface area contributed by atoms with E-state index in [1.54, 1.807) is 18.3 Å². The third-order valence-electron chi connectivity index (χ3n) is 3.63. The van der Waals surface area contributed by atoms with Crippen molar-refractivity contribution >= 4 is 33.6 Å². The third kappa shape index (κ3) is 2.81. The molecule has 0 aliphatic carbocycles. The second-order valence-corrected chi connectivity index (χ2v) is 6.16. The minimum absolute atomic E-state index is 0.0329. The molecule has 0 radical (unpaired) electrons. The summed E-state index contributed by atoms with van der Waals surface area (Å²) in [6.07, 6.45) is 3.59. The number of aryl methyl sites for hydroxylation is 1. The lowest BCUT2D eigenvalue weighted by Gasteiger charge is -2.02. The van der Waals surface area contributed by atoms with E-state index in [0.717, 1.165) is 17.1 Å². The van der Waals surface area contributed by atoms with Crippen molar-refractivity contribution in [2.75, 3.05) is 5.32 Å². The van der Waals surface area contributed by atoms with Crippen LogP contribution >= 0.6 is 11.3 Å². The standard InChI is InChI=1S/C16H12N6O2S/c1-10-14(21-7-3-6-17-15(21)18-10)13-9-25-16(20-13)19-11-4-2-5-12(8-11)22(23)24/h2-9H,1H3,(H,19,20). The van der Waals surface area contributed by atoms with Crippen LogP contribution in [0.4, 0.5) is 16.5 Å². The fourth-order valence-corrected chi connectivity index (χ4v) is 3.28. The molecular formula is C16H12N6O2S. The van der Waals surface area contributed by atoms with E-state index in [4.69, 9.17) is 0 Å². The van der Waals surface area contributed by atoms with Crippen molar-refractivity contribution in [1.29, 1.82) is 0 Å². The molecule has 124 valence electrons. The van der Waals surface area contributed by atoms with Gasteiger partial charge in [0.05, 0.1) is 16.3 Å². The van der Waals surface area contributed by atoms with Crippen molar-refractivity contribution in [2.45, 2.75) is 6.92 Å². The van der Waals surface area contributed by atoms with E-state index < -0.39 is 4.92 Å². The maximum Gasteiger partial charge on any atom is 0.271 e. The number of benzene rings is 1. The van der Waals surface area contributed by atoms with Crippen molar-refractivity contribution in [2.24, 2.45) is 0 Å². The molecule has 25 heavy (non-hydrogen) atoms. The molecule has 8 nitrogen and oxygen atoms in total. The van der Waals surface area contributed by atoms with E-state index in [9.17, 15) is 10.1 Å². The number of nitro groups is 1. The van der Waals surface area contributed by atoms with Gasteiger partial charge < -0.3 is 5.32 Å². The average Bonchev–Trinajstić information content (AvgIpc) is 3.18. The van der Waals surface area contributed by atoms with Gasteiger partial charge in [0.2, 0.25) is 5.78 Å². The van der Waals surface area contributed by atoms with Gasteiger partial charge >= 0.3 is 0 Å². The molecule has 0 unspecified atom stereocenters. The lowest BCUT2D eigenvalue weighted by Crippen LogP contribution is -1.93. The Morgan fingerprint density at radius 3 is 3.00 bits per heavy atom. The first-order chi connectivity index (χ1) is 12.1. The second kappa shape index (κ2) is 5.95.